The number of urea groups is 1. The number of unbranched alkanes of at least 4 members (excludes halogenated alkanes) is 1. The number of benzene rings is 2. The van der Waals surface area contributed by atoms with Crippen LogP contribution in [0.15, 0.2) is 60.7 Å². The van der Waals surface area contributed by atoms with Crippen molar-refractivity contribution in [3.05, 3.63) is 71.8 Å². The molecule has 5 amide bonds. The van der Waals surface area contributed by atoms with Crippen molar-refractivity contribution in [2.45, 2.75) is 89.9 Å². The van der Waals surface area contributed by atoms with Gasteiger partial charge in [0.1, 0.15) is 6.04 Å². The molecule has 7 N–H and O–H groups in total. The average Bonchev–Trinajstić information content (AvgIpc) is 3.14. The molecule has 0 radical (unpaired) electrons. The van der Waals surface area contributed by atoms with E-state index in [2.05, 4.69) is 16.0 Å². The number of nitrogens with zero attached hydrogens (tertiary/aromatic N) is 2. The van der Waals surface area contributed by atoms with Gasteiger partial charge in [-0.25, -0.2) is 9.59 Å². The number of piperidine rings is 1. The maximum absolute atomic E-state index is 14.1. The van der Waals surface area contributed by atoms with Gasteiger partial charge in [-0.3, -0.25) is 14.4 Å². The number of methoxy groups -OCH3 is 1. The van der Waals surface area contributed by atoms with Gasteiger partial charge < -0.3 is 42.0 Å². The van der Waals surface area contributed by atoms with Gasteiger partial charge in [-0.05, 0) is 55.7 Å². The van der Waals surface area contributed by atoms with Gasteiger partial charge in [-0.1, -0.05) is 80.9 Å². The molecule has 3 atom stereocenters. The number of carbonyl (C=O) groups excluding carboxylic acids is 5. The van der Waals surface area contributed by atoms with E-state index in [1.54, 1.807) is 9.80 Å². The minimum absolute atomic E-state index is 0.0293. The van der Waals surface area contributed by atoms with Gasteiger partial charge in [0.2, 0.25) is 11.8 Å². The quantitative estimate of drug-likeness (QED) is 0.129. The first-order valence-corrected chi connectivity index (χ1v) is 18.5. The van der Waals surface area contributed by atoms with Crippen molar-refractivity contribution < 1.29 is 28.7 Å². The van der Waals surface area contributed by atoms with E-state index < -0.39 is 36.0 Å². The summed E-state index contributed by atoms with van der Waals surface area (Å²) < 4.78 is 4.71. The van der Waals surface area contributed by atoms with Crippen molar-refractivity contribution >= 4 is 29.7 Å². The fourth-order valence-corrected chi connectivity index (χ4v) is 6.49. The van der Waals surface area contributed by atoms with Crippen molar-refractivity contribution in [2.24, 2.45) is 23.3 Å². The van der Waals surface area contributed by atoms with Crippen LogP contribution in [0.3, 0.4) is 0 Å². The standard InChI is InChI=1S/C39H59N7O6/c1-28(2)24-33(35(47)26-31(16-10-11-19-40)37(49)45-21-17-32(18-22-45)42-39(51)52-3)43-36(48)34(25-29-12-6-4-7-13-29)44-38(50)46(23-20-41)27-30-14-8-5-9-15-30/h4-9,12-15,28,31-34H,10-11,16-27,40-41H2,1-3H3,(H,42,51)(H,43,48)(H,44,50)/t31-,33+,34+/m0/s1. The van der Waals surface area contributed by atoms with Gasteiger partial charge in [0.15, 0.2) is 5.78 Å². The van der Waals surface area contributed by atoms with E-state index in [1.165, 1.54) is 7.11 Å². The van der Waals surface area contributed by atoms with E-state index >= 15 is 0 Å². The molecule has 52 heavy (non-hydrogen) atoms. The minimum atomic E-state index is -0.977. The van der Waals surface area contributed by atoms with Gasteiger partial charge in [0.05, 0.1) is 13.2 Å². The minimum Gasteiger partial charge on any atom is -0.453 e. The summed E-state index contributed by atoms with van der Waals surface area (Å²) in [6.45, 7) is 6.18. The molecule has 0 saturated carbocycles. The fraction of sp³-hybridized carbons (Fsp3) is 0.564. The highest BCUT2D eigenvalue weighted by Gasteiger charge is 2.34. The molecule has 1 fully saturated rings. The average molecular weight is 722 g/mol. The monoisotopic (exact) mass is 721 g/mol. The molecule has 13 nitrogen and oxygen atoms in total. The topological polar surface area (TPSA) is 189 Å². The van der Waals surface area contributed by atoms with Crippen LogP contribution in [0.2, 0.25) is 0 Å². The predicted octanol–water partition coefficient (Wildman–Crippen LogP) is 3.35. The molecule has 0 spiro atoms. The smallest absolute Gasteiger partial charge is 0.407 e. The third-order valence-electron chi connectivity index (χ3n) is 9.33. The summed E-state index contributed by atoms with van der Waals surface area (Å²) in [5.74, 6) is -1.32. The Hall–Kier alpha value is -4.49. The summed E-state index contributed by atoms with van der Waals surface area (Å²) in [6.07, 6.45) is 3.13. The molecule has 0 bridgehead atoms. The van der Waals surface area contributed by atoms with Crippen molar-refractivity contribution in [1.82, 2.24) is 25.8 Å². The van der Waals surface area contributed by atoms with E-state index in [4.69, 9.17) is 16.2 Å². The molecule has 2 aromatic rings. The van der Waals surface area contributed by atoms with Crippen molar-refractivity contribution in [3.63, 3.8) is 0 Å². The van der Waals surface area contributed by atoms with Crippen LogP contribution in [0.5, 0.6) is 0 Å². The normalized spacial score (nSPS) is 14.9. The summed E-state index contributed by atoms with van der Waals surface area (Å²) in [4.78, 5) is 70.7. The molecule has 1 aliphatic heterocycles. The van der Waals surface area contributed by atoms with Crippen LogP contribution in [0.4, 0.5) is 9.59 Å². The summed E-state index contributed by atoms with van der Waals surface area (Å²) >= 11 is 0. The van der Waals surface area contributed by atoms with Crippen LogP contribution in [0, 0.1) is 11.8 Å². The van der Waals surface area contributed by atoms with Crippen LogP contribution in [-0.2, 0) is 32.1 Å². The van der Waals surface area contributed by atoms with Crippen molar-refractivity contribution in [2.75, 3.05) is 39.8 Å². The Morgan fingerprint density at radius 2 is 1.50 bits per heavy atom. The van der Waals surface area contributed by atoms with Gasteiger partial charge in [-0.15, -0.1) is 0 Å². The zero-order valence-electron chi connectivity index (χ0n) is 31.1. The Balaban J connectivity index is 1.77. The Morgan fingerprint density at radius 3 is 2.08 bits per heavy atom. The van der Waals surface area contributed by atoms with E-state index in [1.807, 2.05) is 74.5 Å². The number of ether oxygens (including phenoxy) is 1. The first kappa shape index (κ1) is 41.9. The number of likely N-dealkylation sites (tertiary alicyclic amines) is 1. The Bertz CT molecular complexity index is 1400. The molecule has 0 aromatic heterocycles. The Labute approximate surface area is 308 Å². The molecule has 1 heterocycles. The molecular formula is C39H59N7O6. The number of nitrogens with one attached hydrogen (secondary N) is 3. The first-order valence-electron chi connectivity index (χ1n) is 18.5. The molecule has 0 unspecified atom stereocenters. The second kappa shape index (κ2) is 22.4. The largest absolute Gasteiger partial charge is 0.453 e. The van der Waals surface area contributed by atoms with Crippen molar-refractivity contribution in [3.8, 4) is 0 Å². The van der Waals surface area contributed by atoms with Gasteiger partial charge >= 0.3 is 12.1 Å². The van der Waals surface area contributed by atoms with Crippen LogP contribution >= 0.6 is 0 Å². The summed E-state index contributed by atoms with van der Waals surface area (Å²) in [6, 6.07) is 16.6. The SMILES string of the molecule is COC(=O)NC1CCN(C(=O)[C@@H](CCCCN)CC(=O)[C@@H](CC(C)C)NC(=O)[C@@H](Cc2ccccc2)NC(=O)N(CCN)Cc2ccccc2)CC1. The van der Waals surface area contributed by atoms with Crippen LogP contribution in [0.25, 0.3) is 0 Å². The number of ketones is 1. The second-order valence-corrected chi connectivity index (χ2v) is 14.0. The highest BCUT2D eigenvalue weighted by molar-refractivity contribution is 5.94. The third-order valence-corrected chi connectivity index (χ3v) is 9.33. The molecule has 1 aliphatic rings. The van der Waals surface area contributed by atoms with Crippen LogP contribution in [-0.4, -0.2) is 97.5 Å². The highest BCUT2D eigenvalue weighted by atomic mass is 16.5. The molecular weight excluding hydrogens is 662 g/mol. The molecule has 0 aliphatic carbocycles. The number of carbonyl (C=O) groups is 5. The number of alkyl carbamates (subject to hydrolysis) is 1. The first-order chi connectivity index (χ1) is 25.0. The summed E-state index contributed by atoms with van der Waals surface area (Å²) in [5.41, 5.74) is 13.4. The number of rotatable bonds is 20. The number of hydrogen-bond donors (Lipinski definition) is 5. The Kier molecular flexibility index (Phi) is 18.1. The maximum atomic E-state index is 14.1. The number of Topliss-reactive ketones (excluding diaryl/α,β-unsaturated/α-hetero) is 1. The highest BCUT2D eigenvalue weighted by Crippen LogP contribution is 2.22. The lowest BCUT2D eigenvalue weighted by Gasteiger charge is -2.34. The lowest BCUT2D eigenvalue weighted by molar-refractivity contribution is -0.140. The van der Waals surface area contributed by atoms with Gasteiger partial charge in [0, 0.05) is 57.5 Å². The number of amides is 5. The predicted molar refractivity (Wildman–Crippen MR) is 201 cm³/mol. The van der Waals surface area contributed by atoms with Gasteiger partial charge in [0.25, 0.3) is 0 Å². The molecule has 1 saturated heterocycles. The lowest BCUT2D eigenvalue weighted by atomic mass is 9.89. The lowest BCUT2D eigenvalue weighted by Crippen LogP contribution is -2.55. The van der Waals surface area contributed by atoms with E-state index in [0.717, 1.165) is 17.5 Å². The third kappa shape index (κ3) is 14.3. The zero-order valence-corrected chi connectivity index (χ0v) is 31.1. The zero-order chi connectivity index (χ0) is 37.9. The van der Waals surface area contributed by atoms with E-state index in [9.17, 15) is 24.0 Å². The van der Waals surface area contributed by atoms with Crippen molar-refractivity contribution in [1.29, 1.82) is 0 Å². The second-order valence-electron chi connectivity index (χ2n) is 14.0. The summed E-state index contributed by atoms with van der Waals surface area (Å²) in [7, 11) is 1.31. The number of nitrogens with two attached hydrogens (primary N) is 2. The maximum Gasteiger partial charge on any atom is 0.407 e. The van der Waals surface area contributed by atoms with Crippen LogP contribution in [0.1, 0.15) is 69.9 Å². The molecule has 13 heteroatoms. The molecule has 2 aromatic carbocycles. The Morgan fingerprint density at radius 1 is 0.865 bits per heavy atom. The molecule has 286 valence electrons. The van der Waals surface area contributed by atoms with Crippen LogP contribution < -0.4 is 27.4 Å². The number of hydrogen-bond acceptors (Lipinski definition) is 8. The van der Waals surface area contributed by atoms with E-state index in [0.29, 0.717) is 58.3 Å². The van der Waals surface area contributed by atoms with Gasteiger partial charge in [-0.2, -0.15) is 0 Å². The molecule has 3 rings (SSSR count). The van der Waals surface area contributed by atoms with E-state index in [-0.39, 0.29) is 49.6 Å². The fourth-order valence-electron chi connectivity index (χ4n) is 6.49. The summed E-state index contributed by atoms with van der Waals surface area (Å²) in [5, 5.41) is 8.70.